The van der Waals surface area contributed by atoms with Gasteiger partial charge in [-0.25, -0.2) is 9.50 Å². The summed E-state index contributed by atoms with van der Waals surface area (Å²) in [5, 5.41) is 4.97. The minimum atomic E-state index is 0.663. The third kappa shape index (κ3) is 2.46. The third-order valence-electron chi connectivity index (χ3n) is 2.09. The normalized spacial score (nSPS) is 11.1. The smallest absolute Gasteiger partial charge is 0.155 e. The molecule has 0 fully saturated rings. The highest BCUT2D eigenvalue weighted by molar-refractivity contribution is 6.30. The van der Waals surface area contributed by atoms with Crippen LogP contribution in [0.15, 0.2) is 18.3 Å². The number of hydrogen-bond donors (Lipinski definition) is 0. The number of halogens is 1. The first-order valence-electron chi connectivity index (χ1n) is 4.79. The Morgan fingerprint density at radius 3 is 3.13 bits per heavy atom. The lowest BCUT2D eigenvalue weighted by atomic mass is 10.3. The lowest BCUT2D eigenvalue weighted by molar-refractivity contribution is 0.194. The summed E-state index contributed by atoms with van der Waals surface area (Å²) in [5.41, 5.74) is 0.826. The predicted molar refractivity (Wildman–Crippen MR) is 58.2 cm³/mol. The summed E-state index contributed by atoms with van der Waals surface area (Å²) >= 11 is 5.85. The molecule has 0 aromatic carbocycles. The van der Waals surface area contributed by atoms with Crippen LogP contribution in [0.3, 0.4) is 0 Å². The lowest BCUT2D eigenvalue weighted by Crippen LogP contribution is -1.94. The van der Waals surface area contributed by atoms with Crippen molar-refractivity contribution in [2.75, 3.05) is 13.7 Å². The summed E-state index contributed by atoms with van der Waals surface area (Å²) < 4.78 is 6.67. The largest absolute Gasteiger partial charge is 0.385 e. The molecule has 0 amide bonds. The fourth-order valence-corrected chi connectivity index (χ4v) is 1.54. The summed E-state index contributed by atoms with van der Waals surface area (Å²) in [4.78, 5) is 4.36. The first kappa shape index (κ1) is 10.4. The summed E-state index contributed by atoms with van der Waals surface area (Å²) in [7, 11) is 1.69. The van der Waals surface area contributed by atoms with E-state index in [0.29, 0.717) is 5.02 Å². The molecule has 0 atom stereocenters. The average molecular weight is 226 g/mol. The molecule has 2 rings (SSSR count). The van der Waals surface area contributed by atoms with E-state index in [1.54, 1.807) is 17.8 Å². The van der Waals surface area contributed by atoms with E-state index in [1.165, 1.54) is 0 Å². The molecule has 4 nitrogen and oxygen atoms in total. The molecule has 0 N–H and O–H groups in total. The minimum Gasteiger partial charge on any atom is -0.385 e. The average Bonchev–Trinajstić information content (AvgIpc) is 2.60. The van der Waals surface area contributed by atoms with E-state index in [0.717, 1.165) is 30.9 Å². The van der Waals surface area contributed by atoms with Crippen LogP contribution in [0.4, 0.5) is 0 Å². The zero-order valence-electron chi connectivity index (χ0n) is 8.48. The molecular weight excluding hydrogens is 214 g/mol. The molecule has 15 heavy (non-hydrogen) atoms. The van der Waals surface area contributed by atoms with Crippen molar-refractivity contribution >= 4 is 17.2 Å². The van der Waals surface area contributed by atoms with E-state index < -0.39 is 0 Å². The molecule has 0 saturated carbocycles. The van der Waals surface area contributed by atoms with Crippen molar-refractivity contribution in [2.45, 2.75) is 12.8 Å². The zero-order valence-corrected chi connectivity index (χ0v) is 9.24. The molecule has 0 bridgehead atoms. The van der Waals surface area contributed by atoms with Gasteiger partial charge in [-0.1, -0.05) is 11.6 Å². The standard InChI is InChI=1S/C10H12ClN3O/c1-15-6-2-3-9-12-10-5-4-8(11)7-14(10)13-9/h4-5,7H,2-3,6H2,1H3. The Labute approximate surface area is 92.8 Å². The van der Waals surface area contributed by atoms with Crippen molar-refractivity contribution in [3.8, 4) is 0 Å². The van der Waals surface area contributed by atoms with Crippen molar-refractivity contribution in [2.24, 2.45) is 0 Å². The maximum atomic E-state index is 5.85. The fourth-order valence-electron chi connectivity index (χ4n) is 1.38. The molecule has 0 aliphatic heterocycles. The number of aromatic nitrogens is 3. The van der Waals surface area contributed by atoms with E-state index in [2.05, 4.69) is 10.1 Å². The number of methoxy groups -OCH3 is 1. The molecule has 0 aliphatic rings. The molecule has 0 saturated heterocycles. The first-order chi connectivity index (χ1) is 7.29. The molecule has 5 heteroatoms. The Hall–Kier alpha value is -1.13. The van der Waals surface area contributed by atoms with Gasteiger partial charge < -0.3 is 4.74 Å². The molecule has 0 aliphatic carbocycles. The molecule has 0 spiro atoms. The summed E-state index contributed by atoms with van der Waals surface area (Å²) in [6.45, 7) is 0.732. The van der Waals surface area contributed by atoms with Gasteiger partial charge in [-0.3, -0.25) is 0 Å². The van der Waals surface area contributed by atoms with Crippen LogP contribution in [0.5, 0.6) is 0 Å². The van der Waals surface area contributed by atoms with Gasteiger partial charge >= 0.3 is 0 Å². The molecule has 0 unspecified atom stereocenters. The Morgan fingerprint density at radius 2 is 2.33 bits per heavy atom. The van der Waals surface area contributed by atoms with Crippen LogP contribution in [-0.4, -0.2) is 28.3 Å². The van der Waals surface area contributed by atoms with Crippen LogP contribution in [0.2, 0.25) is 5.02 Å². The van der Waals surface area contributed by atoms with Gasteiger partial charge in [-0.15, -0.1) is 0 Å². The SMILES string of the molecule is COCCCc1nc2ccc(Cl)cn2n1. The Kier molecular flexibility index (Phi) is 3.18. The van der Waals surface area contributed by atoms with Gasteiger partial charge in [0.1, 0.15) is 0 Å². The lowest BCUT2D eigenvalue weighted by Gasteiger charge is -1.93. The zero-order chi connectivity index (χ0) is 10.7. The van der Waals surface area contributed by atoms with Crippen LogP contribution in [-0.2, 0) is 11.2 Å². The van der Waals surface area contributed by atoms with Gasteiger partial charge in [-0.2, -0.15) is 5.10 Å². The fraction of sp³-hybridized carbons (Fsp3) is 0.400. The molecule has 80 valence electrons. The number of fused-ring (bicyclic) bond motifs is 1. The van der Waals surface area contributed by atoms with E-state index in [9.17, 15) is 0 Å². The Bertz CT molecular complexity index is 455. The molecular formula is C10H12ClN3O. The number of aryl methyl sites for hydroxylation is 1. The van der Waals surface area contributed by atoms with E-state index >= 15 is 0 Å². The van der Waals surface area contributed by atoms with Crippen LogP contribution < -0.4 is 0 Å². The van der Waals surface area contributed by atoms with Crippen molar-refractivity contribution in [3.63, 3.8) is 0 Å². The monoisotopic (exact) mass is 225 g/mol. The summed E-state index contributed by atoms with van der Waals surface area (Å²) in [6.07, 6.45) is 3.51. The van der Waals surface area contributed by atoms with E-state index in [-0.39, 0.29) is 0 Å². The third-order valence-corrected chi connectivity index (χ3v) is 2.31. The van der Waals surface area contributed by atoms with Crippen LogP contribution in [0.1, 0.15) is 12.2 Å². The van der Waals surface area contributed by atoms with Crippen molar-refractivity contribution in [3.05, 3.63) is 29.2 Å². The van der Waals surface area contributed by atoms with Crippen LogP contribution in [0.25, 0.3) is 5.65 Å². The van der Waals surface area contributed by atoms with Gasteiger partial charge in [0.2, 0.25) is 0 Å². The minimum absolute atomic E-state index is 0.663. The highest BCUT2D eigenvalue weighted by atomic mass is 35.5. The number of rotatable bonds is 4. The highest BCUT2D eigenvalue weighted by Gasteiger charge is 2.03. The van der Waals surface area contributed by atoms with Gasteiger partial charge in [0, 0.05) is 26.3 Å². The van der Waals surface area contributed by atoms with Gasteiger partial charge in [-0.05, 0) is 18.6 Å². The van der Waals surface area contributed by atoms with Gasteiger partial charge in [0.25, 0.3) is 0 Å². The number of hydrogen-bond acceptors (Lipinski definition) is 3. The quantitative estimate of drug-likeness (QED) is 0.747. The maximum Gasteiger partial charge on any atom is 0.155 e. The van der Waals surface area contributed by atoms with Crippen molar-refractivity contribution in [1.82, 2.24) is 14.6 Å². The van der Waals surface area contributed by atoms with E-state index in [1.807, 2.05) is 12.1 Å². The number of nitrogens with zero attached hydrogens (tertiary/aromatic N) is 3. The van der Waals surface area contributed by atoms with Crippen molar-refractivity contribution in [1.29, 1.82) is 0 Å². The predicted octanol–water partition coefficient (Wildman–Crippen LogP) is 1.96. The Morgan fingerprint density at radius 1 is 1.47 bits per heavy atom. The molecule has 2 heterocycles. The maximum absolute atomic E-state index is 5.85. The highest BCUT2D eigenvalue weighted by Crippen LogP contribution is 2.10. The Balaban J connectivity index is 2.16. The second kappa shape index (κ2) is 4.59. The second-order valence-electron chi connectivity index (χ2n) is 3.27. The first-order valence-corrected chi connectivity index (χ1v) is 5.17. The topological polar surface area (TPSA) is 39.4 Å². The van der Waals surface area contributed by atoms with E-state index in [4.69, 9.17) is 16.3 Å². The number of pyridine rings is 1. The van der Waals surface area contributed by atoms with Crippen LogP contribution in [0, 0.1) is 0 Å². The second-order valence-corrected chi connectivity index (χ2v) is 3.71. The molecule has 2 aromatic rings. The summed E-state index contributed by atoms with van der Waals surface area (Å²) in [6, 6.07) is 3.67. The van der Waals surface area contributed by atoms with Gasteiger partial charge in [0.05, 0.1) is 5.02 Å². The molecule has 2 aromatic heterocycles. The van der Waals surface area contributed by atoms with Crippen molar-refractivity contribution < 1.29 is 4.74 Å². The summed E-state index contributed by atoms with van der Waals surface area (Å²) in [5.74, 6) is 0.828. The van der Waals surface area contributed by atoms with Crippen LogP contribution >= 0.6 is 11.6 Å². The number of ether oxygens (including phenoxy) is 1. The molecule has 0 radical (unpaired) electrons. The van der Waals surface area contributed by atoms with Gasteiger partial charge in [0.15, 0.2) is 11.5 Å².